The van der Waals surface area contributed by atoms with Gasteiger partial charge in [0, 0.05) is 56.4 Å². The minimum Gasteiger partial charge on any atom is -0.314 e. The van der Waals surface area contributed by atoms with Crippen molar-refractivity contribution in [3.05, 3.63) is 42.1 Å². The predicted octanol–water partition coefficient (Wildman–Crippen LogP) is 1.41. The monoisotopic (exact) mass is 375 g/mol. The van der Waals surface area contributed by atoms with Crippen LogP contribution in [0.5, 0.6) is 0 Å². The van der Waals surface area contributed by atoms with Crippen molar-refractivity contribution in [2.24, 2.45) is 0 Å². The van der Waals surface area contributed by atoms with Crippen LogP contribution in [0.25, 0.3) is 11.3 Å². The van der Waals surface area contributed by atoms with Crippen LogP contribution in [0.2, 0.25) is 0 Å². The molecule has 2 aromatic rings. The summed E-state index contributed by atoms with van der Waals surface area (Å²) < 4.78 is 29.1. The number of hydrogen-bond acceptors (Lipinski definition) is 4. The molecule has 4 rings (SSSR count). The lowest BCUT2D eigenvalue weighted by Gasteiger charge is -2.36. The van der Waals surface area contributed by atoms with Crippen LogP contribution in [-0.4, -0.2) is 66.5 Å². The van der Waals surface area contributed by atoms with Crippen molar-refractivity contribution in [3.63, 3.8) is 0 Å². The van der Waals surface area contributed by atoms with Gasteiger partial charge in [-0.05, 0) is 18.9 Å². The van der Waals surface area contributed by atoms with E-state index in [1.807, 2.05) is 30.3 Å². The van der Waals surface area contributed by atoms with Gasteiger partial charge in [0.2, 0.25) is 0 Å². The first-order valence-electron chi connectivity index (χ1n) is 9.21. The van der Waals surface area contributed by atoms with Crippen LogP contribution in [0.15, 0.2) is 36.4 Å². The van der Waals surface area contributed by atoms with E-state index in [1.165, 1.54) is 0 Å². The first kappa shape index (κ1) is 17.7. The van der Waals surface area contributed by atoms with Gasteiger partial charge in [0.05, 0.1) is 5.69 Å². The van der Waals surface area contributed by atoms with Crippen LogP contribution in [0.4, 0.5) is 0 Å². The van der Waals surface area contributed by atoms with E-state index in [0.29, 0.717) is 26.2 Å². The molecule has 2 aliphatic heterocycles. The van der Waals surface area contributed by atoms with Gasteiger partial charge in [-0.25, -0.2) is 0 Å². The third kappa shape index (κ3) is 3.55. The summed E-state index contributed by atoms with van der Waals surface area (Å²) >= 11 is 0. The minimum atomic E-state index is -3.38. The molecule has 0 spiro atoms. The number of rotatable bonds is 4. The summed E-state index contributed by atoms with van der Waals surface area (Å²) in [4.78, 5) is 0. The highest BCUT2D eigenvalue weighted by Gasteiger charge is 2.35. The van der Waals surface area contributed by atoms with Crippen LogP contribution in [0.1, 0.15) is 24.5 Å². The lowest BCUT2D eigenvalue weighted by Crippen LogP contribution is -2.53. The first-order valence-corrected chi connectivity index (χ1v) is 10.6. The molecule has 2 fully saturated rings. The minimum absolute atomic E-state index is 0.159. The van der Waals surface area contributed by atoms with Gasteiger partial charge in [-0.2, -0.15) is 22.1 Å². The number of piperidine rings is 1. The second-order valence-corrected chi connectivity index (χ2v) is 8.86. The standard InChI is InChI=1S/C18H25N5O2S/c24-26(25,22-11-8-19-9-12-22)23-10-4-7-16(14-23)18-13-17(20-21-18)15-5-2-1-3-6-15/h1-3,5-6,13,16,19H,4,7-12,14H2,(H,20,21). The number of aromatic amines is 1. The summed E-state index contributed by atoms with van der Waals surface area (Å²) in [6.45, 7) is 3.65. The molecule has 0 bridgehead atoms. The summed E-state index contributed by atoms with van der Waals surface area (Å²) in [5.74, 6) is 0.159. The molecule has 3 heterocycles. The fourth-order valence-electron chi connectivity index (χ4n) is 3.75. The molecule has 2 saturated heterocycles. The lowest BCUT2D eigenvalue weighted by atomic mass is 9.96. The quantitative estimate of drug-likeness (QED) is 0.847. The van der Waals surface area contributed by atoms with Crippen molar-refractivity contribution in [1.82, 2.24) is 24.1 Å². The largest absolute Gasteiger partial charge is 0.314 e. The smallest absolute Gasteiger partial charge is 0.282 e. The molecule has 1 aromatic heterocycles. The van der Waals surface area contributed by atoms with E-state index in [0.717, 1.165) is 42.9 Å². The Bertz CT molecular complexity index is 830. The fourth-order valence-corrected chi connectivity index (χ4v) is 5.45. The van der Waals surface area contributed by atoms with Crippen LogP contribution >= 0.6 is 0 Å². The average Bonchev–Trinajstić information content (AvgIpc) is 3.20. The Morgan fingerprint density at radius 1 is 1.04 bits per heavy atom. The molecular formula is C18H25N5O2S. The third-order valence-corrected chi connectivity index (χ3v) is 7.22. The van der Waals surface area contributed by atoms with Gasteiger partial charge in [0.1, 0.15) is 0 Å². The molecule has 140 valence electrons. The molecular weight excluding hydrogens is 350 g/mol. The molecule has 0 radical (unpaired) electrons. The normalized spacial score (nSPS) is 23.2. The van der Waals surface area contributed by atoms with E-state index in [1.54, 1.807) is 8.61 Å². The van der Waals surface area contributed by atoms with Gasteiger partial charge in [-0.1, -0.05) is 30.3 Å². The molecule has 1 aromatic carbocycles. The van der Waals surface area contributed by atoms with Gasteiger partial charge in [0.15, 0.2) is 0 Å². The van der Waals surface area contributed by atoms with Crippen molar-refractivity contribution >= 4 is 10.2 Å². The second-order valence-electron chi connectivity index (χ2n) is 6.93. The van der Waals surface area contributed by atoms with Gasteiger partial charge in [-0.15, -0.1) is 0 Å². The Balaban J connectivity index is 1.49. The van der Waals surface area contributed by atoms with Crippen LogP contribution in [0, 0.1) is 0 Å². The van der Waals surface area contributed by atoms with Gasteiger partial charge in [0.25, 0.3) is 10.2 Å². The lowest BCUT2D eigenvalue weighted by molar-refractivity contribution is 0.270. The molecule has 26 heavy (non-hydrogen) atoms. The van der Waals surface area contributed by atoms with E-state index in [9.17, 15) is 8.42 Å². The zero-order valence-corrected chi connectivity index (χ0v) is 15.6. The summed E-state index contributed by atoms with van der Waals surface area (Å²) in [6.07, 6.45) is 1.85. The Labute approximate surface area is 154 Å². The highest BCUT2D eigenvalue weighted by Crippen LogP contribution is 2.30. The number of nitrogens with one attached hydrogen (secondary N) is 2. The third-order valence-electron chi connectivity index (χ3n) is 5.22. The molecule has 1 atom stereocenters. The Morgan fingerprint density at radius 2 is 1.81 bits per heavy atom. The molecule has 0 aliphatic carbocycles. The maximum Gasteiger partial charge on any atom is 0.282 e. The van der Waals surface area contributed by atoms with Crippen molar-refractivity contribution in [1.29, 1.82) is 0 Å². The van der Waals surface area contributed by atoms with Crippen molar-refractivity contribution in [3.8, 4) is 11.3 Å². The van der Waals surface area contributed by atoms with E-state index in [2.05, 4.69) is 21.6 Å². The molecule has 0 amide bonds. The molecule has 2 N–H and O–H groups in total. The average molecular weight is 375 g/mol. The maximum atomic E-state index is 12.9. The Hall–Kier alpha value is -1.74. The van der Waals surface area contributed by atoms with Crippen LogP contribution < -0.4 is 5.32 Å². The Kier molecular flexibility index (Phi) is 5.08. The SMILES string of the molecule is O=S(=O)(N1CCNCC1)N1CCCC(c2cc(-c3ccccc3)n[nH]2)C1. The molecule has 0 saturated carbocycles. The number of H-pyrrole nitrogens is 1. The van der Waals surface area contributed by atoms with E-state index >= 15 is 0 Å². The predicted molar refractivity (Wildman–Crippen MR) is 101 cm³/mol. The number of nitrogens with zero attached hydrogens (tertiary/aromatic N) is 3. The summed E-state index contributed by atoms with van der Waals surface area (Å²) in [6, 6.07) is 12.1. The van der Waals surface area contributed by atoms with Crippen molar-refractivity contribution in [2.45, 2.75) is 18.8 Å². The Morgan fingerprint density at radius 3 is 2.58 bits per heavy atom. The fraction of sp³-hybridized carbons (Fsp3) is 0.500. The second kappa shape index (κ2) is 7.48. The number of benzene rings is 1. The van der Waals surface area contributed by atoms with Crippen molar-refractivity contribution in [2.75, 3.05) is 39.3 Å². The highest BCUT2D eigenvalue weighted by atomic mass is 32.2. The van der Waals surface area contributed by atoms with E-state index in [4.69, 9.17) is 0 Å². The van der Waals surface area contributed by atoms with Gasteiger partial charge >= 0.3 is 0 Å². The first-order chi connectivity index (χ1) is 12.6. The van der Waals surface area contributed by atoms with Crippen LogP contribution in [0.3, 0.4) is 0 Å². The van der Waals surface area contributed by atoms with Gasteiger partial charge in [-0.3, -0.25) is 5.10 Å². The molecule has 2 aliphatic rings. The number of hydrogen-bond donors (Lipinski definition) is 2. The van der Waals surface area contributed by atoms with Crippen LogP contribution in [-0.2, 0) is 10.2 Å². The number of aromatic nitrogens is 2. The molecule has 1 unspecified atom stereocenters. The van der Waals surface area contributed by atoms with E-state index in [-0.39, 0.29) is 5.92 Å². The zero-order valence-electron chi connectivity index (χ0n) is 14.8. The van der Waals surface area contributed by atoms with Gasteiger partial charge < -0.3 is 5.32 Å². The zero-order chi connectivity index (χ0) is 18.0. The molecule has 8 heteroatoms. The summed E-state index contributed by atoms with van der Waals surface area (Å²) in [7, 11) is -3.38. The topological polar surface area (TPSA) is 81.3 Å². The summed E-state index contributed by atoms with van der Waals surface area (Å²) in [5, 5.41) is 10.8. The molecule has 7 nitrogen and oxygen atoms in total. The maximum absolute atomic E-state index is 12.9. The number of piperazine rings is 1. The highest BCUT2D eigenvalue weighted by molar-refractivity contribution is 7.86. The van der Waals surface area contributed by atoms with Crippen molar-refractivity contribution < 1.29 is 8.42 Å². The van der Waals surface area contributed by atoms with E-state index < -0.39 is 10.2 Å². The summed E-state index contributed by atoms with van der Waals surface area (Å²) in [5.41, 5.74) is 2.99.